The van der Waals surface area contributed by atoms with Crippen LogP contribution >= 0.6 is 11.6 Å². The number of aromatic nitrogens is 2. The molecule has 0 saturated heterocycles. The standard InChI is InChI=1S/C26H23ClN2O5/c1-15-7-5-9-18(27)21(15)23-22(24(34-28-23)26(2,3)33-4)25(32)29-14-13-17-16(11-12-20(30)31)8-6-10-19(17)29/h5-14H,1-4H3,(H,30,31)/b12-11+. The molecule has 8 heteroatoms. The maximum Gasteiger partial charge on any atom is 0.328 e. The van der Waals surface area contributed by atoms with E-state index < -0.39 is 11.6 Å². The Morgan fingerprint density at radius 2 is 1.91 bits per heavy atom. The Bertz CT molecular complexity index is 1420. The normalized spacial score (nSPS) is 12.0. The molecule has 0 unspecified atom stereocenters. The lowest BCUT2D eigenvalue weighted by atomic mass is 9.95. The molecule has 1 N–H and O–H groups in total. The van der Waals surface area contributed by atoms with Crippen LogP contribution in [0.3, 0.4) is 0 Å². The van der Waals surface area contributed by atoms with Crippen molar-refractivity contribution in [3.63, 3.8) is 0 Å². The zero-order chi connectivity index (χ0) is 24.6. The van der Waals surface area contributed by atoms with Crippen molar-refractivity contribution in [2.75, 3.05) is 7.11 Å². The fraction of sp³-hybridized carbons (Fsp3) is 0.192. The molecule has 2 heterocycles. The average Bonchev–Trinajstić information content (AvgIpc) is 3.42. The second kappa shape index (κ2) is 8.93. The predicted octanol–water partition coefficient (Wildman–Crippen LogP) is 5.93. The highest BCUT2D eigenvalue weighted by Gasteiger charge is 2.36. The molecule has 0 bridgehead atoms. The molecule has 2 aromatic carbocycles. The molecule has 7 nitrogen and oxygen atoms in total. The van der Waals surface area contributed by atoms with E-state index in [4.69, 9.17) is 26.0 Å². The molecule has 174 valence electrons. The number of carbonyl (C=O) groups excluding carboxylic acids is 1. The van der Waals surface area contributed by atoms with Gasteiger partial charge in [-0.2, -0.15) is 0 Å². The summed E-state index contributed by atoms with van der Waals surface area (Å²) in [6.45, 7) is 5.46. The van der Waals surface area contributed by atoms with E-state index in [2.05, 4.69) is 5.16 Å². The molecule has 0 aliphatic carbocycles. The Morgan fingerprint density at radius 1 is 1.18 bits per heavy atom. The van der Waals surface area contributed by atoms with E-state index in [-0.39, 0.29) is 17.2 Å². The van der Waals surface area contributed by atoms with Gasteiger partial charge in [0.1, 0.15) is 16.9 Å². The van der Waals surface area contributed by atoms with Gasteiger partial charge in [0.15, 0.2) is 5.76 Å². The zero-order valence-electron chi connectivity index (χ0n) is 19.1. The topological polar surface area (TPSA) is 94.6 Å². The van der Waals surface area contributed by atoms with Crippen LogP contribution in [0.2, 0.25) is 5.02 Å². The molecule has 0 radical (unpaired) electrons. The first-order valence-corrected chi connectivity index (χ1v) is 10.9. The molecule has 0 fully saturated rings. The van der Waals surface area contributed by atoms with Gasteiger partial charge < -0.3 is 14.4 Å². The number of benzene rings is 2. The van der Waals surface area contributed by atoms with Crippen molar-refractivity contribution in [2.24, 2.45) is 0 Å². The zero-order valence-corrected chi connectivity index (χ0v) is 19.9. The number of methoxy groups -OCH3 is 1. The number of ether oxygens (including phenoxy) is 1. The first-order chi connectivity index (χ1) is 16.2. The van der Waals surface area contributed by atoms with Gasteiger partial charge in [-0.05, 0) is 56.2 Å². The number of hydrogen-bond donors (Lipinski definition) is 1. The van der Waals surface area contributed by atoms with Crippen molar-refractivity contribution < 1.29 is 24.0 Å². The van der Waals surface area contributed by atoms with Crippen LogP contribution in [0.15, 0.2) is 59.3 Å². The summed E-state index contributed by atoms with van der Waals surface area (Å²) in [6, 6.07) is 12.6. The summed E-state index contributed by atoms with van der Waals surface area (Å²) in [5.41, 5.74) is 2.37. The lowest BCUT2D eigenvalue weighted by molar-refractivity contribution is -0.131. The van der Waals surface area contributed by atoms with Crippen LogP contribution in [0.25, 0.3) is 28.2 Å². The molecule has 34 heavy (non-hydrogen) atoms. The SMILES string of the molecule is COC(C)(C)c1onc(-c2c(C)cccc2Cl)c1C(=O)n1ccc2c(/C=C/C(=O)O)cccc21. The number of carbonyl (C=O) groups is 2. The van der Waals surface area contributed by atoms with Crippen molar-refractivity contribution in [1.29, 1.82) is 0 Å². The van der Waals surface area contributed by atoms with E-state index in [0.717, 1.165) is 17.0 Å². The maximum atomic E-state index is 14.0. The number of carboxylic acids is 1. The predicted molar refractivity (Wildman–Crippen MR) is 130 cm³/mol. The van der Waals surface area contributed by atoms with E-state index >= 15 is 0 Å². The first kappa shape index (κ1) is 23.5. The van der Waals surface area contributed by atoms with Crippen molar-refractivity contribution >= 4 is 40.5 Å². The lowest BCUT2D eigenvalue weighted by Crippen LogP contribution is -2.24. The van der Waals surface area contributed by atoms with E-state index in [1.165, 1.54) is 17.8 Å². The second-order valence-corrected chi connectivity index (χ2v) is 8.73. The molecule has 0 saturated carbocycles. The van der Waals surface area contributed by atoms with E-state index in [1.54, 1.807) is 50.4 Å². The van der Waals surface area contributed by atoms with Gasteiger partial charge in [0.2, 0.25) is 0 Å². The number of carboxylic acid groups (broad SMARTS) is 1. The summed E-state index contributed by atoms with van der Waals surface area (Å²) in [6.07, 6.45) is 4.20. The van der Waals surface area contributed by atoms with Crippen LogP contribution in [0.1, 0.15) is 41.1 Å². The average molecular weight is 479 g/mol. The minimum absolute atomic E-state index is 0.243. The van der Waals surface area contributed by atoms with Gasteiger partial charge in [-0.3, -0.25) is 9.36 Å². The van der Waals surface area contributed by atoms with Crippen molar-refractivity contribution in [2.45, 2.75) is 26.4 Å². The molecular formula is C26H23ClN2O5. The molecule has 4 rings (SSSR count). The van der Waals surface area contributed by atoms with Crippen molar-refractivity contribution in [3.05, 3.63) is 82.2 Å². The third-order valence-electron chi connectivity index (χ3n) is 5.81. The largest absolute Gasteiger partial charge is 0.478 e. The summed E-state index contributed by atoms with van der Waals surface area (Å²) in [5, 5.41) is 14.4. The molecule has 0 atom stereocenters. The number of aliphatic carboxylic acids is 1. The number of fused-ring (bicyclic) bond motifs is 1. The van der Waals surface area contributed by atoms with Gasteiger partial charge in [0.25, 0.3) is 5.91 Å². The molecular weight excluding hydrogens is 456 g/mol. The molecule has 4 aromatic rings. The van der Waals surface area contributed by atoms with Gasteiger partial charge in [0.05, 0.1) is 10.5 Å². The Balaban J connectivity index is 1.95. The minimum Gasteiger partial charge on any atom is -0.478 e. The van der Waals surface area contributed by atoms with Crippen LogP contribution in [-0.4, -0.2) is 33.8 Å². The summed E-state index contributed by atoms with van der Waals surface area (Å²) in [4.78, 5) is 25.0. The van der Waals surface area contributed by atoms with Crippen LogP contribution in [0, 0.1) is 6.92 Å². The lowest BCUT2D eigenvalue weighted by Gasteiger charge is -2.21. The smallest absolute Gasteiger partial charge is 0.328 e. The quantitative estimate of drug-likeness (QED) is 0.345. The highest BCUT2D eigenvalue weighted by Crippen LogP contribution is 2.39. The summed E-state index contributed by atoms with van der Waals surface area (Å²) in [5.74, 6) is -1.15. The minimum atomic E-state index is -1.05. The highest BCUT2D eigenvalue weighted by atomic mass is 35.5. The number of aryl methyl sites for hydroxylation is 1. The Labute approximate surface area is 201 Å². The monoisotopic (exact) mass is 478 g/mol. The fourth-order valence-electron chi connectivity index (χ4n) is 3.89. The number of rotatable bonds is 6. The molecule has 0 spiro atoms. The van der Waals surface area contributed by atoms with Gasteiger partial charge in [0, 0.05) is 30.3 Å². The second-order valence-electron chi connectivity index (χ2n) is 8.32. The summed E-state index contributed by atoms with van der Waals surface area (Å²) >= 11 is 6.51. The van der Waals surface area contributed by atoms with Gasteiger partial charge in [-0.1, -0.05) is 41.0 Å². The van der Waals surface area contributed by atoms with E-state index in [0.29, 0.717) is 27.4 Å². The molecule has 0 aliphatic rings. The number of halogens is 1. The third-order valence-corrected chi connectivity index (χ3v) is 6.13. The molecule has 0 amide bonds. The van der Waals surface area contributed by atoms with Gasteiger partial charge in [-0.25, -0.2) is 4.79 Å². The van der Waals surface area contributed by atoms with Crippen LogP contribution in [-0.2, 0) is 15.1 Å². The fourth-order valence-corrected chi connectivity index (χ4v) is 4.20. The summed E-state index contributed by atoms with van der Waals surface area (Å²) < 4.78 is 12.8. The highest BCUT2D eigenvalue weighted by molar-refractivity contribution is 6.33. The Morgan fingerprint density at radius 3 is 2.59 bits per heavy atom. The van der Waals surface area contributed by atoms with Gasteiger partial charge >= 0.3 is 5.97 Å². The summed E-state index contributed by atoms with van der Waals surface area (Å²) in [7, 11) is 1.53. The van der Waals surface area contributed by atoms with E-state index in [9.17, 15) is 9.59 Å². The van der Waals surface area contributed by atoms with Crippen LogP contribution in [0.5, 0.6) is 0 Å². The van der Waals surface area contributed by atoms with Crippen molar-refractivity contribution in [3.8, 4) is 11.3 Å². The Kier molecular flexibility index (Phi) is 6.17. The Hall–Kier alpha value is -3.68. The van der Waals surface area contributed by atoms with Crippen molar-refractivity contribution in [1.82, 2.24) is 9.72 Å². The van der Waals surface area contributed by atoms with Gasteiger partial charge in [-0.15, -0.1) is 0 Å². The van der Waals surface area contributed by atoms with E-state index in [1.807, 2.05) is 19.1 Å². The van der Waals surface area contributed by atoms with Crippen LogP contribution < -0.4 is 0 Å². The number of nitrogens with zero attached hydrogens (tertiary/aromatic N) is 2. The first-order valence-electron chi connectivity index (χ1n) is 10.5. The van der Waals surface area contributed by atoms with Crippen LogP contribution in [0.4, 0.5) is 0 Å². The maximum absolute atomic E-state index is 14.0. The third kappa shape index (κ3) is 4.04. The molecule has 2 aromatic heterocycles. The number of hydrogen-bond acceptors (Lipinski definition) is 5. The molecule has 0 aliphatic heterocycles.